The molecule has 0 spiro atoms. The van der Waals surface area contributed by atoms with E-state index < -0.39 is 5.54 Å². The van der Waals surface area contributed by atoms with Crippen molar-refractivity contribution in [3.63, 3.8) is 0 Å². The normalized spacial score (nSPS) is 14.5. The lowest BCUT2D eigenvalue weighted by Gasteiger charge is -2.37. The van der Waals surface area contributed by atoms with Gasteiger partial charge in [0.2, 0.25) is 0 Å². The van der Waals surface area contributed by atoms with Gasteiger partial charge in [-0.05, 0) is 54.2 Å². The average molecular weight is 520 g/mol. The molecule has 4 heteroatoms. The predicted octanol–water partition coefficient (Wildman–Crippen LogP) is 7.66. The molecular weight excluding hydrogens is 490 g/mol. The highest BCUT2D eigenvalue weighted by Crippen LogP contribution is 2.41. The first-order chi connectivity index (χ1) is 19.7. The molecule has 1 aliphatic rings. The van der Waals surface area contributed by atoms with Crippen molar-refractivity contribution in [3.05, 3.63) is 167 Å². The van der Waals surface area contributed by atoms with Crippen LogP contribution >= 0.6 is 0 Å². The van der Waals surface area contributed by atoms with Crippen LogP contribution in [0.2, 0.25) is 0 Å². The number of nitrogens with zero attached hydrogens (tertiary/aromatic N) is 3. The molecule has 0 unspecified atom stereocenters. The van der Waals surface area contributed by atoms with Crippen LogP contribution in [0.25, 0.3) is 17.0 Å². The van der Waals surface area contributed by atoms with Gasteiger partial charge in [-0.3, -0.25) is 9.36 Å². The molecular formula is C36H29N3O. The monoisotopic (exact) mass is 519 g/mol. The van der Waals surface area contributed by atoms with E-state index in [9.17, 15) is 4.79 Å². The molecule has 7 rings (SSSR count). The van der Waals surface area contributed by atoms with Crippen LogP contribution in [0.15, 0.2) is 133 Å². The van der Waals surface area contributed by atoms with Crippen LogP contribution in [0, 0.1) is 6.92 Å². The molecule has 3 heterocycles. The van der Waals surface area contributed by atoms with E-state index in [-0.39, 0.29) is 5.91 Å². The van der Waals surface area contributed by atoms with Gasteiger partial charge in [0.1, 0.15) is 5.54 Å². The maximum absolute atomic E-state index is 13.8. The molecule has 0 radical (unpaired) electrons. The van der Waals surface area contributed by atoms with Crippen LogP contribution in [0.5, 0.6) is 0 Å². The molecule has 1 aliphatic heterocycles. The molecule has 0 saturated carbocycles. The molecule has 40 heavy (non-hydrogen) atoms. The molecule has 2 aromatic heterocycles. The molecule has 4 aromatic carbocycles. The maximum atomic E-state index is 13.8. The third-order valence-electron chi connectivity index (χ3n) is 8.25. The first-order valence-corrected chi connectivity index (χ1v) is 13.7. The highest BCUT2D eigenvalue weighted by molar-refractivity contribution is 6.07. The van der Waals surface area contributed by atoms with Crippen LogP contribution < -0.4 is 0 Å². The molecule has 0 bridgehead atoms. The lowest BCUT2D eigenvalue weighted by Crippen LogP contribution is -2.36. The standard InChI is InChI=1S/C36H29N3O/c1-26-32-19-11-12-20-34(32)39-33(26)22-21-27(35(39)40)23-31-24-38(25-37-31)36(28-13-5-2-6-14-28,29-15-7-3-8-16-29)30-17-9-4-10-18-30/h2-20,23-25H,21-22H2,1H3. The van der Waals surface area contributed by atoms with Crippen LogP contribution in [-0.2, 0) is 12.0 Å². The second kappa shape index (κ2) is 9.65. The molecule has 6 aromatic rings. The number of carbonyl (C=O) groups is 1. The molecule has 0 atom stereocenters. The van der Waals surface area contributed by atoms with Gasteiger partial charge in [-0.25, -0.2) is 4.98 Å². The molecule has 0 fully saturated rings. The zero-order valence-corrected chi connectivity index (χ0v) is 22.4. The first-order valence-electron chi connectivity index (χ1n) is 13.7. The summed E-state index contributed by atoms with van der Waals surface area (Å²) < 4.78 is 4.09. The molecule has 0 amide bonds. The number of aromatic nitrogens is 3. The van der Waals surface area contributed by atoms with Gasteiger partial charge in [0.05, 0.1) is 17.5 Å². The van der Waals surface area contributed by atoms with E-state index in [4.69, 9.17) is 4.98 Å². The third-order valence-corrected chi connectivity index (χ3v) is 8.25. The fraction of sp³-hybridized carbons (Fsp3) is 0.111. The summed E-state index contributed by atoms with van der Waals surface area (Å²) in [6.07, 6.45) is 7.47. The summed E-state index contributed by atoms with van der Waals surface area (Å²) >= 11 is 0. The minimum Gasteiger partial charge on any atom is -0.318 e. The number of carbonyl (C=O) groups excluding carboxylic acids is 1. The third kappa shape index (κ3) is 3.68. The van der Waals surface area contributed by atoms with Crippen molar-refractivity contribution in [3.8, 4) is 0 Å². The topological polar surface area (TPSA) is 39.8 Å². The van der Waals surface area contributed by atoms with Crippen LogP contribution in [0.3, 0.4) is 0 Å². The maximum Gasteiger partial charge on any atom is 0.258 e. The van der Waals surface area contributed by atoms with Crippen LogP contribution in [0.4, 0.5) is 0 Å². The van der Waals surface area contributed by atoms with Crippen molar-refractivity contribution in [1.82, 2.24) is 14.1 Å². The smallest absolute Gasteiger partial charge is 0.258 e. The fourth-order valence-electron chi connectivity index (χ4n) is 6.38. The highest BCUT2D eigenvalue weighted by atomic mass is 16.2. The van der Waals surface area contributed by atoms with Crippen molar-refractivity contribution in [2.75, 3.05) is 0 Å². The Hall–Kier alpha value is -4.96. The molecule has 4 nitrogen and oxygen atoms in total. The summed E-state index contributed by atoms with van der Waals surface area (Å²) in [4.78, 5) is 18.6. The number of fused-ring (bicyclic) bond motifs is 3. The van der Waals surface area contributed by atoms with Crippen molar-refractivity contribution in [1.29, 1.82) is 0 Å². The zero-order valence-electron chi connectivity index (χ0n) is 22.4. The second-order valence-electron chi connectivity index (χ2n) is 10.4. The van der Waals surface area contributed by atoms with E-state index in [2.05, 4.69) is 96.6 Å². The zero-order chi connectivity index (χ0) is 27.1. The quantitative estimate of drug-likeness (QED) is 0.173. The van der Waals surface area contributed by atoms with E-state index in [1.807, 2.05) is 53.4 Å². The number of benzene rings is 4. The molecule has 0 saturated heterocycles. The van der Waals surface area contributed by atoms with Gasteiger partial charge in [-0.15, -0.1) is 0 Å². The van der Waals surface area contributed by atoms with E-state index in [0.29, 0.717) is 6.42 Å². The van der Waals surface area contributed by atoms with Crippen molar-refractivity contribution in [2.45, 2.75) is 25.3 Å². The Labute approximate surface area is 233 Å². The number of imidazole rings is 1. The number of rotatable bonds is 5. The SMILES string of the molecule is Cc1c2n(c3ccccc13)C(=O)C(=Cc1cn(C(c3ccccc3)(c3ccccc3)c3ccccc3)cn1)CC2. The Morgan fingerprint density at radius 3 is 1.88 bits per heavy atom. The van der Waals surface area contributed by atoms with Crippen molar-refractivity contribution in [2.24, 2.45) is 0 Å². The summed E-state index contributed by atoms with van der Waals surface area (Å²) in [5.74, 6) is 0.0422. The second-order valence-corrected chi connectivity index (χ2v) is 10.4. The largest absolute Gasteiger partial charge is 0.318 e. The average Bonchev–Trinajstić information content (AvgIpc) is 3.60. The minimum atomic E-state index is -0.634. The minimum absolute atomic E-state index is 0.0422. The van der Waals surface area contributed by atoms with Crippen LogP contribution in [0.1, 0.15) is 44.9 Å². The van der Waals surface area contributed by atoms with E-state index in [1.54, 1.807) is 0 Å². The number of aryl methyl sites for hydroxylation is 1. The summed E-state index contributed by atoms with van der Waals surface area (Å²) in [5.41, 5.74) is 7.62. The Bertz CT molecular complexity index is 1760. The number of hydrogen-bond acceptors (Lipinski definition) is 2. The highest BCUT2D eigenvalue weighted by Gasteiger charge is 2.38. The van der Waals surface area contributed by atoms with Gasteiger partial charge in [0.25, 0.3) is 5.91 Å². The van der Waals surface area contributed by atoms with Gasteiger partial charge < -0.3 is 4.57 Å². The van der Waals surface area contributed by atoms with Gasteiger partial charge in [0, 0.05) is 22.9 Å². The van der Waals surface area contributed by atoms with Gasteiger partial charge in [0.15, 0.2) is 0 Å². The molecule has 0 aliphatic carbocycles. The molecule has 194 valence electrons. The summed E-state index contributed by atoms with van der Waals surface area (Å²) in [6, 6.07) is 39.8. The van der Waals surface area contributed by atoms with Gasteiger partial charge >= 0.3 is 0 Å². The lowest BCUT2D eigenvalue weighted by atomic mass is 9.77. The van der Waals surface area contributed by atoms with E-state index in [0.717, 1.165) is 51.0 Å². The lowest BCUT2D eigenvalue weighted by molar-refractivity contribution is 0.0946. The number of para-hydroxylation sites is 1. The fourth-order valence-corrected chi connectivity index (χ4v) is 6.38. The van der Waals surface area contributed by atoms with Crippen LogP contribution in [-0.4, -0.2) is 20.0 Å². The molecule has 0 N–H and O–H groups in total. The van der Waals surface area contributed by atoms with Gasteiger partial charge in [-0.1, -0.05) is 109 Å². The number of hydrogen-bond donors (Lipinski definition) is 0. The predicted molar refractivity (Wildman–Crippen MR) is 160 cm³/mol. The van der Waals surface area contributed by atoms with E-state index in [1.165, 1.54) is 5.56 Å². The number of allylic oxidation sites excluding steroid dienone is 1. The first kappa shape index (κ1) is 24.1. The summed E-state index contributed by atoms with van der Waals surface area (Å²) in [7, 11) is 0. The van der Waals surface area contributed by atoms with E-state index >= 15 is 0 Å². The van der Waals surface area contributed by atoms with Crippen molar-refractivity contribution >= 4 is 22.9 Å². The van der Waals surface area contributed by atoms with Crippen molar-refractivity contribution < 1.29 is 4.79 Å². The summed E-state index contributed by atoms with van der Waals surface area (Å²) in [5, 5.41) is 1.15. The Balaban J connectivity index is 1.38. The Morgan fingerprint density at radius 1 is 0.725 bits per heavy atom. The Morgan fingerprint density at radius 2 is 1.27 bits per heavy atom. The summed E-state index contributed by atoms with van der Waals surface area (Å²) in [6.45, 7) is 2.12. The van der Waals surface area contributed by atoms with Gasteiger partial charge in [-0.2, -0.15) is 0 Å². The Kier molecular flexibility index (Phi) is 5.82.